The molecule has 94 valence electrons. The van der Waals surface area contributed by atoms with Crippen molar-refractivity contribution < 1.29 is 13.9 Å². The molecule has 1 aliphatic rings. The third kappa shape index (κ3) is 3.16. The highest BCUT2D eigenvalue weighted by atomic mass is 19.1. The molecule has 0 aromatic heterocycles. The molecule has 0 bridgehead atoms. The van der Waals surface area contributed by atoms with Crippen LogP contribution in [0.25, 0.3) is 0 Å². The molecule has 0 saturated heterocycles. The summed E-state index contributed by atoms with van der Waals surface area (Å²) in [5.74, 6) is -2.00. The predicted octanol–water partition coefficient (Wildman–Crippen LogP) is 2.95. The van der Waals surface area contributed by atoms with Crippen molar-refractivity contribution in [3.8, 4) is 5.75 Å². The first-order valence-electron chi connectivity index (χ1n) is 6.04. The Balaban J connectivity index is 1.86. The van der Waals surface area contributed by atoms with Crippen molar-refractivity contribution >= 4 is 0 Å². The van der Waals surface area contributed by atoms with Crippen LogP contribution in [-0.2, 0) is 6.54 Å². The van der Waals surface area contributed by atoms with Crippen LogP contribution >= 0.6 is 0 Å². The van der Waals surface area contributed by atoms with Crippen molar-refractivity contribution in [2.24, 2.45) is 5.92 Å². The number of benzene rings is 1. The lowest BCUT2D eigenvalue weighted by molar-refractivity contribution is 0.394. The zero-order chi connectivity index (χ0) is 12.3. The second-order valence-corrected chi connectivity index (χ2v) is 4.69. The highest BCUT2D eigenvalue weighted by Crippen LogP contribution is 2.24. The maximum absolute atomic E-state index is 13.1. The Morgan fingerprint density at radius 2 is 1.76 bits per heavy atom. The highest BCUT2D eigenvalue weighted by Gasteiger charge is 2.14. The van der Waals surface area contributed by atoms with Gasteiger partial charge in [-0.3, -0.25) is 0 Å². The molecule has 1 saturated carbocycles. The Morgan fingerprint density at radius 1 is 1.18 bits per heavy atom. The summed E-state index contributed by atoms with van der Waals surface area (Å²) < 4.78 is 26.1. The lowest BCUT2D eigenvalue weighted by Gasteiger charge is -2.11. The molecule has 0 unspecified atom stereocenters. The first-order valence-corrected chi connectivity index (χ1v) is 6.04. The Hall–Kier alpha value is -1.16. The van der Waals surface area contributed by atoms with Gasteiger partial charge >= 0.3 is 0 Å². The highest BCUT2D eigenvalue weighted by molar-refractivity contribution is 5.29. The number of hydrogen-bond acceptors (Lipinski definition) is 2. The van der Waals surface area contributed by atoms with Crippen LogP contribution in [-0.4, -0.2) is 11.7 Å². The molecule has 0 atom stereocenters. The summed E-state index contributed by atoms with van der Waals surface area (Å²) in [5.41, 5.74) is 0.524. The van der Waals surface area contributed by atoms with Crippen LogP contribution in [0.2, 0.25) is 0 Å². The van der Waals surface area contributed by atoms with Crippen LogP contribution in [0.5, 0.6) is 5.75 Å². The maximum Gasteiger partial charge on any atom is 0.187 e. The van der Waals surface area contributed by atoms with E-state index in [0.29, 0.717) is 18.0 Å². The standard InChI is InChI=1S/C13H17F2NO/c14-11-5-10(6-12(15)13(11)17)8-16-7-9-3-1-2-4-9/h5-6,9,16-17H,1-4,7-8H2. The van der Waals surface area contributed by atoms with E-state index < -0.39 is 17.4 Å². The summed E-state index contributed by atoms with van der Waals surface area (Å²) >= 11 is 0. The molecule has 2 nitrogen and oxygen atoms in total. The van der Waals surface area contributed by atoms with Crippen molar-refractivity contribution in [1.29, 1.82) is 0 Å². The first-order chi connectivity index (χ1) is 8.16. The predicted molar refractivity (Wildman–Crippen MR) is 61.7 cm³/mol. The number of phenols is 1. The minimum atomic E-state index is -0.900. The van der Waals surface area contributed by atoms with Crippen LogP contribution in [0.4, 0.5) is 8.78 Å². The SMILES string of the molecule is Oc1c(F)cc(CNCC2CCCC2)cc1F. The van der Waals surface area contributed by atoms with E-state index in [-0.39, 0.29) is 0 Å². The van der Waals surface area contributed by atoms with Gasteiger partial charge in [-0.05, 0) is 43.0 Å². The molecule has 2 rings (SSSR count). The molecule has 0 heterocycles. The van der Waals surface area contributed by atoms with Crippen molar-refractivity contribution in [2.75, 3.05) is 6.54 Å². The monoisotopic (exact) mass is 241 g/mol. The smallest absolute Gasteiger partial charge is 0.187 e. The van der Waals surface area contributed by atoms with Crippen molar-refractivity contribution in [3.63, 3.8) is 0 Å². The molecule has 1 aliphatic carbocycles. The fourth-order valence-electron chi connectivity index (χ4n) is 2.36. The van der Waals surface area contributed by atoms with E-state index in [1.807, 2.05) is 0 Å². The summed E-state index contributed by atoms with van der Waals surface area (Å²) in [6.07, 6.45) is 5.06. The van der Waals surface area contributed by atoms with Crippen LogP contribution in [0.15, 0.2) is 12.1 Å². The molecule has 2 N–H and O–H groups in total. The number of rotatable bonds is 4. The molecule has 4 heteroatoms. The number of halogens is 2. The van der Waals surface area contributed by atoms with Gasteiger partial charge in [-0.1, -0.05) is 12.8 Å². The van der Waals surface area contributed by atoms with E-state index in [1.165, 1.54) is 37.8 Å². The van der Waals surface area contributed by atoms with E-state index in [0.717, 1.165) is 6.54 Å². The zero-order valence-corrected chi connectivity index (χ0v) is 9.68. The van der Waals surface area contributed by atoms with Gasteiger partial charge in [-0.15, -0.1) is 0 Å². The van der Waals surface area contributed by atoms with Gasteiger partial charge in [0, 0.05) is 6.54 Å². The van der Waals surface area contributed by atoms with Crippen LogP contribution in [0, 0.1) is 17.6 Å². The summed E-state index contributed by atoms with van der Waals surface area (Å²) in [6, 6.07) is 2.33. The molecule has 1 fully saturated rings. The molecule has 0 spiro atoms. The van der Waals surface area contributed by atoms with Gasteiger partial charge < -0.3 is 10.4 Å². The summed E-state index contributed by atoms with van der Waals surface area (Å²) in [6.45, 7) is 1.33. The number of hydrogen-bond donors (Lipinski definition) is 2. The average Bonchev–Trinajstić information content (AvgIpc) is 2.79. The van der Waals surface area contributed by atoms with Crippen LogP contribution < -0.4 is 5.32 Å². The molecular weight excluding hydrogens is 224 g/mol. The number of nitrogens with one attached hydrogen (secondary N) is 1. The van der Waals surface area contributed by atoms with E-state index in [2.05, 4.69) is 5.32 Å². The largest absolute Gasteiger partial charge is 0.503 e. The van der Waals surface area contributed by atoms with E-state index in [9.17, 15) is 8.78 Å². The molecule has 0 radical (unpaired) electrons. The molecule has 1 aromatic rings. The van der Waals surface area contributed by atoms with Crippen molar-refractivity contribution in [3.05, 3.63) is 29.3 Å². The summed E-state index contributed by atoms with van der Waals surface area (Å²) in [4.78, 5) is 0. The molecule has 0 aliphatic heterocycles. The second kappa shape index (κ2) is 5.45. The second-order valence-electron chi connectivity index (χ2n) is 4.69. The Morgan fingerprint density at radius 3 is 2.35 bits per heavy atom. The van der Waals surface area contributed by atoms with E-state index >= 15 is 0 Å². The lowest BCUT2D eigenvalue weighted by Crippen LogP contribution is -2.20. The topological polar surface area (TPSA) is 32.3 Å². The quantitative estimate of drug-likeness (QED) is 0.849. The molecule has 17 heavy (non-hydrogen) atoms. The first kappa shape index (κ1) is 12.3. The molecule has 1 aromatic carbocycles. The van der Waals surface area contributed by atoms with Gasteiger partial charge in [0.2, 0.25) is 0 Å². The normalized spacial score (nSPS) is 16.6. The van der Waals surface area contributed by atoms with Gasteiger partial charge in [0.05, 0.1) is 0 Å². The van der Waals surface area contributed by atoms with Crippen molar-refractivity contribution in [2.45, 2.75) is 32.2 Å². The maximum atomic E-state index is 13.1. The van der Waals surface area contributed by atoms with Crippen LogP contribution in [0.1, 0.15) is 31.2 Å². The van der Waals surface area contributed by atoms with Crippen molar-refractivity contribution in [1.82, 2.24) is 5.32 Å². The van der Waals surface area contributed by atoms with Gasteiger partial charge in [0.25, 0.3) is 0 Å². The summed E-state index contributed by atoms with van der Waals surface area (Å²) in [7, 11) is 0. The summed E-state index contributed by atoms with van der Waals surface area (Å²) in [5, 5.41) is 12.2. The number of phenolic OH excluding ortho intramolecular Hbond substituents is 1. The Labute approximate surface area is 99.7 Å². The Kier molecular flexibility index (Phi) is 3.94. The fourth-order valence-corrected chi connectivity index (χ4v) is 2.36. The van der Waals surface area contributed by atoms with Gasteiger partial charge in [0.1, 0.15) is 0 Å². The molecule has 0 amide bonds. The van der Waals surface area contributed by atoms with E-state index in [1.54, 1.807) is 0 Å². The molecular formula is C13H17F2NO. The van der Waals surface area contributed by atoms with Gasteiger partial charge in [-0.2, -0.15) is 0 Å². The minimum Gasteiger partial charge on any atom is -0.503 e. The third-order valence-electron chi connectivity index (χ3n) is 3.31. The van der Waals surface area contributed by atoms with Crippen LogP contribution in [0.3, 0.4) is 0 Å². The lowest BCUT2D eigenvalue weighted by atomic mass is 10.1. The minimum absolute atomic E-state index is 0.435. The third-order valence-corrected chi connectivity index (χ3v) is 3.31. The van der Waals surface area contributed by atoms with Gasteiger partial charge in [0.15, 0.2) is 17.4 Å². The average molecular weight is 241 g/mol. The number of aromatic hydroxyl groups is 1. The fraction of sp³-hybridized carbons (Fsp3) is 0.538. The Bertz CT molecular complexity index is 366. The zero-order valence-electron chi connectivity index (χ0n) is 9.68. The van der Waals surface area contributed by atoms with Gasteiger partial charge in [-0.25, -0.2) is 8.78 Å². The van der Waals surface area contributed by atoms with E-state index in [4.69, 9.17) is 5.11 Å².